The largest absolute Gasteiger partial charge is 0.278 e. The Morgan fingerprint density at radius 1 is 1.14 bits per heavy atom. The minimum Gasteiger partial charge on any atom is -0.278 e. The number of nitrogens with one attached hydrogen (secondary N) is 1. The highest BCUT2D eigenvalue weighted by Crippen LogP contribution is 2.32. The number of aryl methyl sites for hydroxylation is 2. The van der Waals surface area contributed by atoms with E-state index in [0.717, 1.165) is 9.87 Å². The van der Waals surface area contributed by atoms with Gasteiger partial charge in [0, 0.05) is 4.47 Å². The fourth-order valence-electron chi connectivity index (χ4n) is 3.05. The van der Waals surface area contributed by atoms with Gasteiger partial charge in [-0.2, -0.15) is 0 Å². The van der Waals surface area contributed by atoms with Crippen LogP contribution < -0.4 is 9.03 Å². The predicted molar refractivity (Wildman–Crippen MR) is 111 cm³/mol. The number of benzene rings is 2. The highest BCUT2D eigenvalue weighted by atomic mass is 79.9. The normalized spacial score (nSPS) is 19.1. The Labute approximate surface area is 173 Å². The zero-order chi connectivity index (χ0) is 20.9. The van der Waals surface area contributed by atoms with Crippen molar-refractivity contribution in [1.29, 1.82) is 0 Å². The molecular weight excluding hydrogens is 468 g/mol. The summed E-state index contributed by atoms with van der Waals surface area (Å²) < 4.78 is 54.0. The number of hydrogen-bond acceptors (Lipinski definition) is 5. The first kappa shape index (κ1) is 20.8. The van der Waals surface area contributed by atoms with Crippen LogP contribution >= 0.6 is 15.9 Å². The molecule has 7 nitrogen and oxygen atoms in total. The third-order valence-corrected chi connectivity index (χ3v) is 8.46. The molecule has 2 aromatic carbocycles. The number of rotatable bonds is 4. The minimum atomic E-state index is -3.91. The lowest BCUT2D eigenvalue weighted by Gasteiger charge is -2.18. The van der Waals surface area contributed by atoms with E-state index in [9.17, 15) is 21.6 Å². The summed E-state index contributed by atoms with van der Waals surface area (Å²) in [6.07, 6.45) is 0. The second-order valence-electron chi connectivity index (χ2n) is 6.82. The SMILES string of the molecule is Cc1ccc(NS(=O)(=O)c2ccc(N3C(=O)C(C)CS3(=O)=O)cc2C)c(Br)c1. The first-order valence-corrected chi connectivity index (χ1v) is 12.3. The van der Waals surface area contributed by atoms with Gasteiger partial charge in [0.2, 0.25) is 15.9 Å². The van der Waals surface area contributed by atoms with Gasteiger partial charge in [0.1, 0.15) is 0 Å². The molecule has 3 rings (SSSR count). The van der Waals surface area contributed by atoms with Crippen LogP contribution in [0.1, 0.15) is 18.1 Å². The number of nitrogens with zero attached hydrogens (tertiary/aromatic N) is 1. The molecule has 0 radical (unpaired) electrons. The summed E-state index contributed by atoms with van der Waals surface area (Å²) >= 11 is 3.33. The number of amides is 1. The minimum absolute atomic E-state index is 0.000757. The molecule has 1 atom stereocenters. The van der Waals surface area contributed by atoms with Crippen LogP contribution in [0.3, 0.4) is 0 Å². The van der Waals surface area contributed by atoms with Crippen molar-refractivity contribution in [3.8, 4) is 0 Å². The van der Waals surface area contributed by atoms with E-state index in [4.69, 9.17) is 0 Å². The molecule has 0 saturated carbocycles. The fourth-order valence-corrected chi connectivity index (χ4v) is 6.89. The Hall–Kier alpha value is -1.91. The highest BCUT2D eigenvalue weighted by Gasteiger charge is 2.42. The zero-order valence-electron chi connectivity index (χ0n) is 15.4. The van der Waals surface area contributed by atoms with E-state index in [0.29, 0.717) is 15.7 Å². The molecule has 0 bridgehead atoms. The summed E-state index contributed by atoms with van der Waals surface area (Å²) in [5.41, 5.74) is 1.83. The van der Waals surface area contributed by atoms with Gasteiger partial charge in [-0.25, -0.2) is 21.1 Å². The van der Waals surface area contributed by atoms with Gasteiger partial charge in [-0.3, -0.25) is 9.52 Å². The highest BCUT2D eigenvalue weighted by molar-refractivity contribution is 9.10. The molecule has 1 aliphatic rings. The maximum atomic E-state index is 12.8. The van der Waals surface area contributed by atoms with Gasteiger partial charge in [0.05, 0.1) is 27.9 Å². The molecule has 2 aromatic rings. The van der Waals surface area contributed by atoms with Crippen molar-refractivity contribution in [3.05, 3.63) is 52.0 Å². The topological polar surface area (TPSA) is 101 Å². The lowest BCUT2D eigenvalue weighted by molar-refractivity contribution is -0.119. The van der Waals surface area contributed by atoms with Crippen molar-refractivity contribution in [2.45, 2.75) is 25.7 Å². The standard InChI is InChI=1S/C18H19BrN2O5S2/c1-11-4-6-16(15(19)8-11)20-28(25,26)17-7-5-14(9-12(17)2)21-18(22)13(3)10-27(21,23)24/h4-9,13,20H,10H2,1-3H3. The molecule has 1 amide bonds. The van der Waals surface area contributed by atoms with Crippen LogP contribution in [-0.4, -0.2) is 28.5 Å². The third-order valence-electron chi connectivity index (χ3n) is 4.41. The van der Waals surface area contributed by atoms with E-state index in [1.807, 2.05) is 6.92 Å². The first-order chi connectivity index (χ1) is 12.9. The maximum absolute atomic E-state index is 12.8. The van der Waals surface area contributed by atoms with Crippen molar-refractivity contribution in [1.82, 2.24) is 0 Å². The molecule has 150 valence electrons. The van der Waals surface area contributed by atoms with Gasteiger partial charge in [-0.15, -0.1) is 0 Å². The van der Waals surface area contributed by atoms with Crippen LogP contribution in [-0.2, 0) is 24.8 Å². The van der Waals surface area contributed by atoms with Gasteiger partial charge >= 0.3 is 0 Å². The van der Waals surface area contributed by atoms with Crippen LogP contribution in [0.25, 0.3) is 0 Å². The Kier molecular flexibility index (Phi) is 5.32. The second-order valence-corrected chi connectivity index (χ2v) is 11.2. The lowest BCUT2D eigenvalue weighted by atomic mass is 10.2. The van der Waals surface area contributed by atoms with Crippen LogP contribution in [0, 0.1) is 19.8 Å². The van der Waals surface area contributed by atoms with E-state index >= 15 is 0 Å². The smallest absolute Gasteiger partial charge is 0.262 e. The monoisotopic (exact) mass is 486 g/mol. The summed E-state index contributed by atoms with van der Waals surface area (Å²) in [4.78, 5) is 12.2. The van der Waals surface area contributed by atoms with E-state index in [1.54, 1.807) is 32.0 Å². The quantitative estimate of drug-likeness (QED) is 0.714. The number of carbonyl (C=O) groups is 1. The molecule has 1 fully saturated rings. The number of carbonyl (C=O) groups excluding carboxylic acids is 1. The first-order valence-electron chi connectivity index (χ1n) is 8.39. The Bertz CT molecular complexity index is 1180. The molecule has 0 aliphatic carbocycles. The van der Waals surface area contributed by atoms with Crippen molar-refractivity contribution in [2.24, 2.45) is 5.92 Å². The molecular formula is C18H19BrN2O5S2. The lowest BCUT2D eigenvalue weighted by Crippen LogP contribution is -2.30. The number of hydrogen-bond donors (Lipinski definition) is 1. The second kappa shape index (κ2) is 7.16. The van der Waals surface area contributed by atoms with Crippen molar-refractivity contribution < 1.29 is 21.6 Å². The van der Waals surface area contributed by atoms with Crippen LogP contribution in [0.2, 0.25) is 0 Å². The van der Waals surface area contributed by atoms with Crippen molar-refractivity contribution in [3.63, 3.8) is 0 Å². The third kappa shape index (κ3) is 3.81. The summed E-state index contributed by atoms with van der Waals surface area (Å²) in [6.45, 7) is 4.99. The summed E-state index contributed by atoms with van der Waals surface area (Å²) in [5, 5.41) is 0. The van der Waals surface area contributed by atoms with Gasteiger partial charge in [-0.1, -0.05) is 13.0 Å². The molecule has 28 heavy (non-hydrogen) atoms. The average Bonchev–Trinajstić information content (AvgIpc) is 2.77. The van der Waals surface area contributed by atoms with E-state index in [-0.39, 0.29) is 16.3 Å². The fraction of sp³-hybridized carbons (Fsp3) is 0.278. The van der Waals surface area contributed by atoms with Gasteiger partial charge in [0.25, 0.3) is 10.0 Å². The Morgan fingerprint density at radius 2 is 1.82 bits per heavy atom. The zero-order valence-corrected chi connectivity index (χ0v) is 18.7. The van der Waals surface area contributed by atoms with E-state index in [2.05, 4.69) is 20.7 Å². The predicted octanol–water partition coefficient (Wildman–Crippen LogP) is 3.18. The molecule has 1 saturated heterocycles. The molecule has 1 unspecified atom stereocenters. The van der Waals surface area contributed by atoms with Gasteiger partial charge in [0.15, 0.2) is 0 Å². The van der Waals surface area contributed by atoms with Crippen molar-refractivity contribution in [2.75, 3.05) is 14.8 Å². The number of sulfonamides is 2. The molecule has 1 aliphatic heterocycles. The average molecular weight is 487 g/mol. The van der Waals surface area contributed by atoms with E-state index in [1.165, 1.54) is 18.2 Å². The summed E-state index contributed by atoms with van der Waals surface area (Å²) in [5.74, 6) is -1.40. The molecule has 10 heteroatoms. The molecule has 1 N–H and O–H groups in total. The Morgan fingerprint density at radius 3 is 2.36 bits per heavy atom. The van der Waals surface area contributed by atoms with Crippen LogP contribution in [0.15, 0.2) is 45.8 Å². The summed E-state index contributed by atoms with van der Waals surface area (Å²) in [7, 11) is -7.65. The summed E-state index contributed by atoms with van der Waals surface area (Å²) in [6, 6.07) is 9.26. The maximum Gasteiger partial charge on any atom is 0.262 e. The van der Waals surface area contributed by atoms with Crippen LogP contribution in [0.4, 0.5) is 11.4 Å². The number of halogens is 1. The number of anilines is 2. The van der Waals surface area contributed by atoms with E-state index < -0.39 is 31.9 Å². The van der Waals surface area contributed by atoms with Crippen LogP contribution in [0.5, 0.6) is 0 Å². The molecule has 0 aromatic heterocycles. The van der Waals surface area contributed by atoms with Gasteiger partial charge < -0.3 is 0 Å². The van der Waals surface area contributed by atoms with Crippen molar-refractivity contribution >= 4 is 53.3 Å². The molecule has 1 heterocycles. The Balaban J connectivity index is 1.97. The van der Waals surface area contributed by atoms with Gasteiger partial charge in [-0.05, 0) is 71.2 Å². The molecule has 0 spiro atoms.